The van der Waals surface area contributed by atoms with Crippen LogP contribution in [-0.2, 0) is 14.8 Å². The van der Waals surface area contributed by atoms with E-state index in [1.165, 1.54) is 4.31 Å². The van der Waals surface area contributed by atoms with Gasteiger partial charge in [0.15, 0.2) is 10.7 Å². The molecule has 2 aromatic rings. The number of aryl methyl sites for hydroxylation is 1. The summed E-state index contributed by atoms with van der Waals surface area (Å²) >= 11 is 0. The van der Waals surface area contributed by atoms with Crippen molar-refractivity contribution in [3.05, 3.63) is 41.3 Å². The van der Waals surface area contributed by atoms with E-state index in [9.17, 15) is 13.2 Å². The number of ether oxygens (including phenoxy) is 1. The highest BCUT2D eigenvalue weighted by Crippen LogP contribution is 2.30. The zero-order chi connectivity index (χ0) is 25.0. The maximum absolute atomic E-state index is 13.5. The van der Waals surface area contributed by atoms with E-state index in [-0.39, 0.29) is 22.5 Å². The van der Waals surface area contributed by atoms with Crippen LogP contribution in [0.2, 0.25) is 0 Å². The van der Waals surface area contributed by atoms with Crippen molar-refractivity contribution in [2.75, 3.05) is 52.9 Å². The van der Waals surface area contributed by atoms with E-state index in [4.69, 9.17) is 9.26 Å². The molecular formula is C25H34N4O5S. The Kier molecular flexibility index (Phi) is 7.93. The van der Waals surface area contributed by atoms with Gasteiger partial charge in [0.2, 0.25) is 15.9 Å². The summed E-state index contributed by atoms with van der Waals surface area (Å²) in [5.74, 6) is 0.964. The number of aromatic nitrogens is 1. The summed E-state index contributed by atoms with van der Waals surface area (Å²) in [6.45, 7) is 8.66. The Morgan fingerprint density at radius 2 is 1.74 bits per heavy atom. The second-order valence-electron chi connectivity index (χ2n) is 9.01. The van der Waals surface area contributed by atoms with Crippen LogP contribution in [0.25, 0.3) is 12.2 Å². The highest BCUT2D eigenvalue weighted by molar-refractivity contribution is 7.89. The van der Waals surface area contributed by atoms with Crippen LogP contribution in [0.5, 0.6) is 5.75 Å². The monoisotopic (exact) mass is 502 g/mol. The Hall–Kier alpha value is -2.69. The molecule has 9 nitrogen and oxygen atoms in total. The molecule has 1 aromatic carbocycles. The molecule has 0 bridgehead atoms. The molecule has 4 rings (SSSR count). The first-order chi connectivity index (χ1) is 16.8. The van der Waals surface area contributed by atoms with E-state index in [1.54, 1.807) is 26.2 Å². The van der Waals surface area contributed by atoms with Crippen molar-refractivity contribution >= 4 is 28.1 Å². The summed E-state index contributed by atoms with van der Waals surface area (Å²) in [7, 11) is -2.20. The molecule has 2 saturated heterocycles. The van der Waals surface area contributed by atoms with Crippen LogP contribution in [0.15, 0.2) is 33.7 Å². The molecule has 0 atom stereocenters. The summed E-state index contributed by atoms with van der Waals surface area (Å²) < 4.78 is 39.0. The van der Waals surface area contributed by atoms with Crippen molar-refractivity contribution in [3.8, 4) is 5.75 Å². The lowest BCUT2D eigenvalue weighted by Crippen LogP contribution is -2.51. The summed E-state index contributed by atoms with van der Waals surface area (Å²) in [5.41, 5.74) is 1.20. The number of carbonyl (C=O) groups is 1. The van der Waals surface area contributed by atoms with Gasteiger partial charge in [-0.3, -0.25) is 4.79 Å². The standard InChI is InChI=1S/C25H34N4O5S/c1-4-27-15-17-28(18-16-27)25(30)21-11-13-29(14-12-21)35(31,32)24-19(2)26-34-23(24)10-7-20-5-8-22(33-3)9-6-20/h5-10,21H,4,11-18H2,1-3H3/b10-7-. The van der Waals surface area contributed by atoms with Crippen molar-refractivity contribution in [3.63, 3.8) is 0 Å². The number of sulfonamides is 1. The Bertz CT molecular complexity index is 1140. The number of hydrogen-bond donors (Lipinski definition) is 0. The molecule has 2 aliphatic heterocycles. The molecule has 190 valence electrons. The predicted molar refractivity (Wildman–Crippen MR) is 133 cm³/mol. The molecule has 0 saturated carbocycles. The molecule has 1 aromatic heterocycles. The molecule has 0 N–H and O–H groups in total. The maximum atomic E-state index is 13.5. The third-order valence-corrected chi connectivity index (χ3v) is 8.97. The number of benzene rings is 1. The molecule has 3 heterocycles. The van der Waals surface area contributed by atoms with Gasteiger partial charge in [-0.2, -0.15) is 4.31 Å². The number of piperidine rings is 1. The summed E-state index contributed by atoms with van der Waals surface area (Å²) in [6.07, 6.45) is 4.45. The molecule has 1 amide bonds. The highest BCUT2D eigenvalue weighted by atomic mass is 32.2. The third kappa shape index (κ3) is 5.60. The van der Waals surface area contributed by atoms with Crippen molar-refractivity contribution in [1.82, 2.24) is 19.3 Å². The molecule has 10 heteroatoms. The van der Waals surface area contributed by atoms with Gasteiger partial charge in [0.25, 0.3) is 0 Å². The van der Waals surface area contributed by atoms with Crippen LogP contribution in [0.3, 0.4) is 0 Å². The Labute approximate surface area is 207 Å². The number of amides is 1. The van der Waals surface area contributed by atoms with E-state index in [0.717, 1.165) is 44.0 Å². The van der Waals surface area contributed by atoms with Gasteiger partial charge in [0.1, 0.15) is 11.4 Å². The van der Waals surface area contributed by atoms with E-state index in [2.05, 4.69) is 17.0 Å². The maximum Gasteiger partial charge on any atom is 0.248 e. The average molecular weight is 503 g/mol. The van der Waals surface area contributed by atoms with Crippen LogP contribution < -0.4 is 4.74 Å². The summed E-state index contributed by atoms with van der Waals surface area (Å²) in [4.78, 5) is 17.4. The zero-order valence-corrected chi connectivity index (χ0v) is 21.5. The van der Waals surface area contributed by atoms with Gasteiger partial charge >= 0.3 is 0 Å². The van der Waals surface area contributed by atoms with Crippen molar-refractivity contribution in [2.45, 2.75) is 31.6 Å². The van der Waals surface area contributed by atoms with Crippen LogP contribution in [0.4, 0.5) is 0 Å². The lowest BCUT2D eigenvalue weighted by atomic mass is 9.96. The number of nitrogens with zero attached hydrogens (tertiary/aromatic N) is 4. The van der Waals surface area contributed by atoms with Crippen molar-refractivity contribution in [1.29, 1.82) is 0 Å². The van der Waals surface area contributed by atoms with E-state index >= 15 is 0 Å². The predicted octanol–water partition coefficient (Wildman–Crippen LogP) is 2.73. The Morgan fingerprint density at radius 1 is 1.09 bits per heavy atom. The topological polar surface area (TPSA) is 96.2 Å². The minimum atomic E-state index is -3.81. The van der Waals surface area contributed by atoms with Gasteiger partial charge in [0, 0.05) is 45.2 Å². The second kappa shape index (κ2) is 10.9. The number of carbonyl (C=O) groups excluding carboxylic acids is 1. The Balaban J connectivity index is 1.42. The average Bonchev–Trinajstić information content (AvgIpc) is 3.28. The fraction of sp³-hybridized carbons (Fsp3) is 0.520. The second-order valence-corrected chi connectivity index (χ2v) is 10.9. The number of piperazine rings is 1. The van der Waals surface area contributed by atoms with Gasteiger partial charge < -0.3 is 19.1 Å². The zero-order valence-electron chi connectivity index (χ0n) is 20.6. The van der Waals surface area contributed by atoms with E-state index in [0.29, 0.717) is 31.6 Å². The van der Waals surface area contributed by atoms with Gasteiger partial charge in [-0.15, -0.1) is 0 Å². The first kappa shape index (κ1) is 25.4. The molecule has 0 aliphatic carbocycles. The molecule has 0 unspecified atom stereocenters. The molecular weight excluding hydrogens is 468 g/mol. The van der Waals surface area contributed by atoms with Crippen LogP contribution in [0.1, 0.15) is 36.8 Å². The minimum Gasteiger partial charge on any atom is -0.497 e. The highest BCUT2D eigenvalue weighted by Gasteiger charge is 2.37. The number of methoxy groups -OCH3 is 1. The minimum absolute atomic E-state index is 0.0859. The summed E-state index contributed by atoms with van der Waals surface area (Å²) in [5, 5.41) is 3.92. The molecule has 35 heavy (non-hydrogen) atoms. The normalized spacial score (nSPS) is 18.9. The van der Waals surface area contributed by atoms with Crippen LogP contribution in [-0.4, -0.2) is 86.5 Å². The quantitative estimate of drug-likeness (QED) is 0.574. The van der Waals surface area contributed by atoms with Gasteiger partial charge in [-0.1, -0.05) is 30.3 Å². The third-order valence-electron chi connectivity index (χ3n) is 6.91. The fourth-order valence-electron chi connectivity index (χ4n) is 4.70. The lowest BCUT2D eigenvalue weighted by molar-refractivity contribution is -0.138. The number of hydrogen-bond acceptors (Lipinski definition) is 7. The molecule has 2 aliphatic rings. The van der Waals surface area contributed by atoms with Crippen LogP contribution >= 0.6 is 0 Å². The van der Waals surface area contributed by atoms with Crippen LogP contribution in [0, 0.1) is 12.8 Å². The van der Waals surface area contributed by atoms with E-state index in [1.807, 2.05) is 29.2 Å². The van der Waals surface area contributed by atoms with Gasteiger partial charge in [0.05, 0.1) is 7.11 Å². The molecule has 0 spiro atoms. The van der Waals surface area contributed by atoms with E-state index < -0.39 is 10.0 Å². The molecule has 0 radical (unpaired) electrons. The fourth-order valence-corrected chi connectivity index (χ4v) is 6.42. The SMILES string of the molecule is CCN1CCN(C(=O)C2CCN(S(=O)(=O)c3c(C)noc3/C=C\c3ccc(OC)cc3)CC2)CC1. The summed E-state index contributed by atoms with van der Waals surface area (Å²) in [6, 6.07) is 7.41. The lowest BCUT2D eigenvalue weighted by Gasteiger charge is -2.38. The number of likely N-dealkylation sites (N-methyl/N-ethyl adjacent to an activating group) is 1. The van der Waals surface area contributed by atoms with Gasteiger partial charge in [-0.05, 0) is 50.1 Å². The Morgan fingerprint density at radius 3 is 2.34 bits per heavy atom. The van der Waals surface area contributed by atoms with Gasteiger partial charge in [-0.25, -0.2) is 8.42 Å². The van der Waals surface area contributed by atoms with Crippen molar-refractivity contribution in [2.24, 2.45) is 5.92 Å². The first-order valence-electron chi connectivity index (χ1n) is 12.1. The first-order valence-corrected chi connectivity index (χ1v) is 13.6. The largest absolute Gasteiger partial charge is 0.497 e. The molecule has 2 fully saturated rings. The van der Waals surface area contributed by atoms with Crippen molar-refractivity contribution < 1.29 is 22.5 Å². The smallest absolute Gasteiger partial charge is 0.248 e. The number of rotatable bonds is 7.